The van der Waals surface area contributed by atoms with E-state index < -0.39 is 0 Å². The van der Waals surface area contributed by atoms with Crippen molar-refractivity contribution >= 4 is 5.69 Å². The lowest BCUT2D eigenvalue weighted by molar-refractivity contribution is 0.257. The third-order valence-corrected chi connectivity index (χ3v) is 5.47. The number of hydrogen-bond donors (Lipinski definition) is 1. The Kier molecular flexibility index (Phi) is 5.95. The quantitative estimate of drug-likeness (QED) is 0.665. The van der Waals surface area contributed by atoms with Crippen molar-refractivity contribution in [1.82, 2.24) is 19.7 Å². The maximum absolute atomic E-state index is 12.2. The molecule has 4 rings (SSSR count). The Hall–Kier alpha value is -3.06. The molecular weight excluding hydrogens is 366 g/mol. The molecule has 1 aromatic heterocycles. The predicted octanol–water partition coefficient (Wildman–Crippen LogP) is 1.99. The van der Waals surface area contributed by atoms with Crippen LogP contribution in [0.3, 0.4) is 0 Å². The Balaban J connectivity index is 1.34. The number of hydrogen-bond acceptors (Lipinski definition) is 5. The molecule has 1 aliphatic heterocycles. The molecule has 0 bridgehead atoms. The van der Waals surface area contributed by atoms with Crippen molar-refractivity contribution < 1.29 is 4.74 Å². The summed E-state index contributed by atoms with van der Waals surface area (Å²) in [4.78, 5) is 17.0. The third kappa shape index (κ3) is 4.51. The second-order valence-corrected chi connectivity index (χ2v) is 7.27. The van der Waals surface area contributed by atoms with Crippen LogP contribution in [0.2, 0.25) is 0 Å². The summed E-state index contributed by atoms with van der Waals surface area (Å²) < 4.78 is 7.23. The molecule has 0 spiro atoms. The van der Waals surface area contributed by atoms with E-state index >= 15 is 0 Å². The van der Waals surface area contributed by atoms with Gasteiger partial charge in [0, 0.05) is 39.1 Å². The van der Waals surface area contributed by atoms with Gasteiger partial charge in [-0.3, -0.25) is 9.47 Å². The van der Waals surface area contributed by atoms with E-state index in [4.69, 9.17) is 4.74 Å². The van der Waals surface area contributed by atoms with Crippen LogP contribution in [0, 0.1) is 0 Å². The molecule has 0 radical (unpaired) electrons. The standard InChI is InChI=1S/C22H27N5O2/c1-29-20-10-6-5-9-19(20)26-15-13-25(14-16-26)12-11-21-23-24-22(28)27(21)17-18-7-3-2-4-8-18/h2-10H,11-17H2,1H3,(H,24,28). The molecule has 2 heterocycles. The molecule has 29 heavy (non-hydrogen) atoms. The summed E-state index contributed by atoms with van der Waals surface area (Å²) >= 11 is 0. The third-order valence-electron chi connectivity index (χ3n) is 5.47. The van der Waals surface area contributed by atoms with Crippen molar-refractivity contribution in [3.05, 3.63) is 76.5 Å². The number of benzene rings is 2. The van der Waals surface area contributed by atoms with Gasteiger partial charge in [-0.25, -0.2) is 9.89 Å². The van der Waals surface area contributed by atoms with E-state index in [1.807, 2.05) is 48.5 Å². The Morgan fingerprint density at radius 1 is 1.00 bits per heavy atom. The van der Waals surface area contributed by atoms with E-state index in [1.54, 1.807) is 11.7 Å². The smallest absolute Gasteiger partial charge is 0.343 e. The van der Waals surface area contributed by atoms with Crippen LogP contribution < -0.4 is 15.3 Å². The second-order valence-electron chi connectivity index (χ2n) is 7.27. The Bertz CT molecular complexity index is 974. The van der Waals surface area contributed by atoms with E-state index in [1.165, 1.54) is 0 Å². The van der Waals surface area contributed by atoms with Crippen LogP contribution in [0.25, 0.3) is 0 Å². The summed E-state index contributed by atoms with van der Waals surface area (Å²) in [5.74, 6) is 1.73. The highest BCUT2D eigenvalue weighted by Gasteiger charge is 2.20. The maximum Gasteiger partial charge on any atom is 0.343 e. The van der Waals surface area contributed by atoms with Crippen LogP contribution in [-0.4, -0.2) is 59.5 Å². The van der Waals surface area contributed by atoms with Gasteiger partial charge in [0.15, 0.2) is 0 Å². The monoisotopic (exact) mass is 393 g/mol. The van der Waals surface area contributed by atoms with Gasteiger partial charge in [0.05, 0.1) is 19.3 Å². The second kappa shape index (κ2) is 8.96. The van der Waals surface area contributed by atoms with Crippen molar-refractivity contribution in [2.45, 2.75) is 13.0 Å². The van der Waals surface area contributed by atoms with Crippen LogP contribution in [0.1, 0.15) is 11.4 Å². The van der Waals surface area contributed by atoms with Gasteiger partial charge >= 0.3 is 5.69 Å². The normalized spacial score (nSPS) is 14.9. The molecular formula is C22H27N5O2. The predicted molar refractivity (Wildman–Crippen MR) is 114 cm³/mol. The van der Waals surface area contributed by atoms with Crippen LogP contribution in [0.15, 0.2) is 59.4 Å². The number of nitrogens with one attached hydrogen (secondary N) is 1. The Labute approximate surface area is 170 Å². The summed E-state index contributed by atoms with van der Waals surface area (Å²) in [5.41, 5.74) is 2.10. The molecule has 152 valence electrons. The first-order valence-electron chi connectivity index (χ1n) is 10.0. The first kappa shape index (κ1) is 19.3. The van der Waals surface area contributed by atoms with E-state index in [0.717, 1.165) is 62.0 Å². The number of H-pyrrole nitrogens is 1. The molecule has 7 heteroatoms. The van der Waals surface area contributed by atoms with Crippen molar-refractivity contribution in [3.63, 3.8) is 0 Å². The topological polar surface area (TPSA) is 66.4 Å². The van der Waals surface area contributed by atoms with Gasteiger partial charge in [-0.05, 0) is 17.7 Å². The SMILES string of the molecule is COc1ccccc1N1CCN(CCc2n[nH]c(=O)n2Cc2ccccc2)CC1. The summed E-state index contributed by atoms with van der Waals surface area (Å²) in [7, 11) is 1.72. The lowest BCUT2D eigenvalue weighted by atomic mass is 10.2. The van der Waals surface area contributed by atoms with E-state index in [0.29, 0.717) is 6.54 Å². The summed E-state index contributed by atoms with van der Waals surface area (Å²) in [6, 6.07) is 18.2. The molecule has 1 aliphatic rings. The minimum atomic E-state index is -0.148. The molecule has 1 saturated heterocycles. The fraction of sp³-hybridized carbons (Fsp3) is 0.364. The number of ether oxygens (including phenoxy) is 1. The average Bonchev–Trinajstić information content (AvgIpc) is 3.12. The lowest BCUT2D eigenvalue weighted by Gasteiger charge is -2.36. The van der Waals surface area contributed by atoms with Gasteiger partial charge < -0.3 is 9.64 Å². The molecule has 0 unspecified atom stereocenters. The maximum atomic E-state index is 12.2. The zero-order chi connectivity index (χ0) is 20.1. The molecule has 1 N–H and O–H groups in total. The molecule has 0 atom stereocenters. The summed E-state index contributed by atoms with van der Waals surface area (Å²) in [6.07, 6.45) is 0.750. The number of aromatic nitrogens is 3. The highest BCUT2D eigenvalue weighted by molar-refractivity contribution is 5.58. The number of methoxy groups -OCH3 is 1. The average molecular weight is 393 g/mol. The molecule has 3 aromatic rings. The van der Waals surface area contributed by atoms with Gasteiger partial charge in [0.1, 0.15) is 11.6 Å². The fourth-order valence-electron chi connectivity index (χ4n) is 3.83. The first-order valence-corrected chi connectivity index (χ1v) is 10.0. The van der Waals surface area contributed by atoms with Gasteiger partial charge in [-0.2, -0.15) is 5.10 Å². The van der Waals surface area contributed by atoms with Crippen LogP contribution >= 0.6 is 0 Å². The fourth-order valence-corrected chi connectivity index (χ4v) is 3.83. The van der Waals surface area contributed by atoms with Gasteiger partial charge in [-0.1, -0.05) is 42.5 Å². The molecule has 7 nitrogen and oxygen atoms in total. The highest BCUT2D eigenvalue weighted by atomic mass is 16.5. The Morgan fingerprint density at radius 2 is 1.72 bits per heavy atom. The minimum Gasteiger partial charge on any atom is -0.495 e. The summed E-state index contributed by atoms with van der Waals surface area (Å²) in [6.45, 7) is 5.30. The van der Waals surface area contributed by atoms with Crippen LogP contribution in [0.5, 0.6) is 5.75 Å². The molecule has 0 amide bonds. The van der Waals surface area contributed by atoms with Gasteiger partial charge in [-0.15, -0.1) is 0 Å². The van der Waals surface area contributed by atoms with Crippen molar-refractivity contribution in [2.75, 3.05) is 44.7 Å². The molecule has 2 aromatic carbocycles. The lowest BCUT2D eigenvalue weighted by Crippen LogP contribution is -2.47. The highest BCUT2D eigenvalue weighted by Crippen LogP contribution is 2.28. The van der Waals surface area contributed by atoms with E-state index in [9.17, 15) is 4.79 Å². The van der Waals surface area contributed by atoms with E-state index in [2.05, 4.69) is 26.1 Å². The van der Waals surface area contributed by atoms with Crippen molar-refractivity contribution in [1.29, 1.82) is 0 Å². The van der Waals surface area contributed by atoms with Crippen molar-refractivity contribution in [3.8, 4) is 5.75 Å². The number of rotatable bonds is 7. The number of piperazine rings is 1. The first-order chi connectivity index (χ1) is 14.2. The largest absolute Gasteiger partial charge is 0.495 e. The Morgan fingerprint density at radius 3 is 2.48 bits per heavy atom. The zero-order valence-electron chi connectivity index (χ0n) is 16.8. The van der Waals surface area contributed by atoms with Gasteiger partial charge in [0.25, 0.3) is 0 Å². The zero-order valence-corrected chi connectivity index (χ0v) is 16.8. The summed E-state index contributed by atoms with van der Waals surface area (Å²) in [5, 5.41) is 6.86. The van der Waals surface area contributed by atoms with Gasteiger partial charge in [0.2, 0.25) is 0 Å². The number of nitrogens with zero attached hydrogens (tertiary/aromatic N) is 4. The number of para-hydroxylation sites is 2. The minimum absolute atomic E-state index is 0.148. The number of anilines is 1. The number of aromatic amines is 1. The molecule has 0 aliphatic carbocycles. The van der Waals surface area contributed by atoms with Crippen LogP contribution in [-0.2, 0) is 13.0 Å². The molecule has 1 fully saturated rings. The van der Waals surface area contributed by atoms with Crippen molar-refractivity contribution in [2.24, 2.45) is 0 Å². The van der Waals surface area contributed by atoms with E-state index in [-0.39, 0.29) is 5.69 Å². The van der Waals surface area contributed by atoms with Crippen LogP contribution in [0.4, 0.5) is 5.69 Å². The molecule has 0 saturated carbocycles.